The van der Waals surface area contributed by atoms with Crippen LogP contribution in [0.25, 0.3) is 0 Å². The molecule has 0 aliphatic carbocycles. The molecule has 1 nitrogen and oxygen atoms in total. The van der Waals surface area contributed by atoms with E-state index in [0.29, 0.717) is 12.7 Å². The van der Waals surface area contributed by atoms with E-state index in [2.05, 4.69) is 41.5 Å². The summed E-state index contributed by atoms with van der Waals surface area (Å²) in [6.45, 7) is 13.9. The van der Waals surface area contributed by atoms with E-state index in [-0.39, 0.29) is 5.31 Å². The molecule has 0 rings (SSSR count). The van der Waals surface area contributed by atoms with Gasteiger partial charge >= 0.3 is 6.92 Å². The van der Waals surface area contributed by atoms with Crippen molar-refractivity contribution >= 4 is 6.92 Å². The summed E-state index contributed by atoms with van der Waals surface area (Å²) in [6, 6.07) is 0. The molecule has 1 atom stereocenters. The third kappa shape index (κ3) is 4.71. The van der Waals surface area contributed by atoms with E-state index in [9.17, 15) is 0 Å². The van der Waals surface area contributed by atoms with Crippen LogP contribution in [0.1, 0.15) is 48.0 Å². The number of rotatable bonds is 4. The summed E-state index contributed by atoms with van der Waals surface area (Å²) in [6.07, 6.45) is 1.25. The molecule has 1 unspecified atom stereocenters. The van der Waals surface area contributed by atoms with Crippen molar-refractivity contribution in [3.05, 3.63) is 0 Å². The molecule has 0 fully saturated rings. The van der Waals surface area contributed by atoms with Gasteiger partial charge < -0.3 is 4.65 Å². The smallest absolute Gasteiger partial charge is 0.301 e. The molecule has 78 valence electrons. The van der Waals surface area contributed by atoms with Crippen molar-refractivity contribution in [1.29, 1.82) is 0 Å². The van der Waals surface area contributed by atoms with Gasteiger partial charge in [0, 0.05) is 7.11 Å². The highest BCUT2D eigenvalue weighted by atomic mass is 16.4. The molecule has 13 heavy (non-hydrogen) atoms. The van der Waals surface area contributed by atoms with Crippen molar-refractivity contribution in [2.24, 2.45) is 5.92 Å². The Morgan fingerprint density at radius 1 is 1.15 bits per heavy atom. The van der Waals surface area contributed by atoms with Crippen LogP contribution in [0.15, 0.2) is 0 Å². The van der Waals surface area contributed by atoms with Crippen LogP contribution < -0.4 is 0 Å². The average Bonchev–Trinajstić information content (AvgIpc) is 1.82. The first-order chi connectivity index (χ1) is 5.79. The van der Waals surface area contributed by atoms with Gasteiger partial charge in [-0.05, 0) is 17.0 Å². The fraction of sp³-hybridized carbons (Fsp3) is 1.00. The molecule has 0 aromatic rings. The summed E-state index contributed by atoms with van der Waals surface area (Å²) < 4.78 is 5.58. The SMILES string of the molecule is COB(C(C)CC(C)C)C(C)(C)C. The van der Waals surface area contributed by atoms with Crippen LogP contribution in [0.3, 0.4) is 0 Å². The van der Waals surface area contributed by atoms with E-state index in [1.807, 2.05) is 7.11 Å². The van der Waals surface area contributed by atoms with Crippen LogP contribution in [0.5, 0.6) is 0 Å². The van der Waals surface area contributed by atoms with Crippen molar-refractivity contribution in [1.82, 2.24) is 0 Å². The van der Waals surface area contributed by atoms with Crippen LogP contribution in [0.4, 0.5) is 0 Å². The van der Waals surface area contributed by atoms with Gasteiger partial charge in [0.05, 0.1) is 0 Å². The standard InChI is InChI=1S/C11H25BO/c1-9(2)8-10(3)12(13-7)11(4,5)6/h9-10H,8H2,1-7H3. The molecule has 2 heteroatoms. The topological polar surface area (TPSA) is 9.23 Å². The molecule has 0 aromatic heterocycles. The highest BCUT2D eigenvalue weighted by Gasteiger charge is 2.34. The first-order valence-electron chi connectivity index (χ1n) is 5.31. The Kier molecular flexibility index (Phi) is 5.05. The zero-order valence-corrected chi connectivity index (χ0v) is 10.3. The van der Waals surface area contributed by atoms with E-state index < -0.39 is 0 Å². The van der Waals surface area contributed by atoms with Gasteiger partial charge in [0.1, 0.15) is 0 Å². The third-order valence-electron chi connectivity index (χ3n) is 2.47. The summed E-state index contributed by atoms with van der Waals surface area (Å²) in [5.41, 5.74) is 0. The van der Waals surface area contributed by atoms with Gasteiger partial charge in [-0.1, -0.05) is 48.0 Å². The predicted molar refractivity (Wildman–Crippen MR) is 61.4 cm³/mol. The fourth-order valence-electron chi connectivity index (χ4n) is 2.31. The summed E-state index contributed by atoms with van der Waals surface area (Å²) in [7, 11) is 1.83. The third-order valence-corrected chi connectivity index (χ3v) is 2.47. The molecule has 0 heterocycles. The van der Waals surface area contributed by atoms with Crippen LogP contribution in [-0.4, -0.2) is 14.0 Å². The summed E-state index contributed by atoms with van der Waals surface area (Å²) in [5.74, 6) is 1.40. The second-order valence-corrected chi connectivity index (χ2v) is 5.63. The number of hydrogen-bond donors (Lipinski definition) is 0. The van der Waals surface area contributed by atoms with Crippen molar-refractivity contribution in [3.63, 3.8) is 0 Å². The molecule has 0 amide bonds. The van der Waals surface area contributed by atoms with Gasteiger partial charge in [-0.3, -0.25) is 0 Å². The summed E-state index contributed by atoms with van der Waals surface area (Å²) >= 11 is 0. The first-order valence-corrected chi connectivity index (χ1v) is 5.31. The van der Waals surface area contributed by atoms with Gasteiger partial charge in [-0.15, -0.1) is 0 Å². The summed E-state index contributed by atoms with van der Waals surface area (Å²) in [5, 5.41) is 0.253. The van der Waals surface area contributed by atoms with Crippen LogP contribution in [-0.2, 0) is 4.65 Å². The van der Waals surface area contributed by atoms with Crippen molar-refractivity contribution in [2.45, 2.75) is 59.1 Å². The van der Waals surface area contributed by atoms with Gasteiger partial charge in [-0.25, -0.2) is 0 Å². The van der Waals surface area contributed by atoms with Gasteiger partial charge in [0.15, 0.2) is 0 Å². The minimum absolute atomic E-state index is 0.253. The number of hydrogen-bond acceptors (Lipinski definition) is 1. The van der Waals surface area contributed by atoms with Crippen molar-refractivity contribution in [2.75, 3.05) is 7.11 Å². The average molecular weight is 184 g/mol. The van der Waals surface area contributed by atoms with Crippen molar-refractivity contribution < 1.29 is 4.65 Å². The molecular formula is C11H25BO. The van der Waals surface area contributed by atoms with E-state index >= 15 is 0 Å². The van der Waals surface area contributed by atoms with E-state index in [1.165, 1.54) is 6.42 Å². The lowest BCUT2D eigenvalue weighted by Crippen LogP contribution is -2.32. The second-order valence-electron chi connectivity index (χ2n) is 5.63. The zero-order valence-electron chi connectivity index (χ0n) is 10.3. The van der Waals surface area contributed by atoms with Crippen LogP contribution in [0.2, 0.25) is 11.1 Å². The Morgan fingerprint density at radius 3 is 1.85 bits per heavy atom. The van der Waals surface area contributed by atoms with E-state index in [0.717, 1.165) is 5.92 Å². The highest BCUT2D eigenvalue weighted by molar-refractivity contribution is 6.56. The maximum atomic E-state index is 5.58. The minimum Gasteiger partial charge on any atom is -0.438 e. The Hall–Kier alpha value is 0.0249. The second kappa shape index (κ2) is 5.04. The normalized spacial score (nSPS) is 14.8. The molecule has 0 spiro atoms. The molecule has 0 bridgehead atoms. The quantitative estimate of drug-likeness (QED) is 0.602. The Labute approximate surface area is 84.4 Å². The van der Waals surface area contributed by atoms with Gasteiger partial charge in [0.25, 0.3) is 0 Å². The first kappa shape index (κ1) is 13.0. The lowest BCUT2D eigenvalue weighted by atomic mass is 9.40. The Balaban J connectivity index is 4.24. The van der Waals surface area contributed by atoms with Crippen LogP contribution >= 0.6 is 0 Å². The highest BCUT2D eigenvalue weighted by Crippen LogP contribution is 2.36. The molecule has 0 aromatic carbocycles. The lowest BCUT2D eigenvalue weighted by Gasteiger charge is -2.31. The van der Waals surface area contributed by atoms with Crippen molar-refractivity contribution in [3.8, 4) is 0 Å². The lowest BCUT2D eigenvalue weighted by molar-refractivity contribution is 0.368. The zero-order chi connectivity index (χ0) is 10.6. The predicted octanol–water partition coefficient (Wildman–Crippen LogP) is 3.86. The molecule has 0 saturated carbocycles. The molecule has 0 aliphatic heterocycles. The molecule has 0 aliphatic rings. The minimum atomic E-state index is 0.253. The maximum absolute atomic E-state index is 5.58. The Bertz CT molecular complexity index is 138. The maximum Gasteiger partial charge on any atom is 0.301 e. The van der Waals surface area contributed by atoms with Gasteiger partial charge in [-0.2, -0.15) is 0 Å². The summed E-state index contributed by atoms with van der Waals surface area (Å²) in [4.78, 5) is 0. The van der Waals surface area contributed by atoms with Crippen LogP contribution in [0, 0.1) is 5.92 Å². The molecule has 0 saturated heterocycles. The fourth-order valence-corrected chi connectivity index (χ4v) is 2.31. The monoisotopic (exact) mass is 184 g/mol. The molecular weight excluding hydrogens is 159 g/mol. The van der Waals surface area contributed by atoms with E-state index in [1.54, 1.807) is 0 Å². The molecule has 0 radical (unpaired) electrons. The van der Waals surface area contributed by atoms with E-state index in [4.69, 9.17) is 4.65 Å². The largest absolute Gasteiger partial charge is 0.438 e. The van der Waals surface area contributed by atoms with Gasteiger partial charge in [0.2, 0.25) is 0 Å². The molecule has 0 N–H and O–H groups in total. The Morgan fingerprint density at radius 2 is 1.62 bits per heavy atom.